The second-order valence-electron chi connectivity index (χ2n) is 5.52. The molecule has 1 aliphatic heterocycles. The van der Waals surface area contributed by atoms with Crippen LogP contribution in [0.1, 0.15) is 12.8 Å². The number of likely N-dealkylation sites (tertiary alicyclic amines) is 1. The number of benzene rings is 1. The summed E-state index contributed by atoms with van der Waals surface area (Å²) in [6.45, 7) is 3.20. The van der Waals surface area contributed by atoms with Crippen molar-refractivity contribution in [2.24, 2.45) is 5.92 Å². The van der Waals surface area contributed by atoms with Crippen molar-refractivity contribution in [1.82, 2.24) is 4.90 Å². The maximum atomic E-state index is 10.7. The fourth-order valence-corrected chi connectivity index (χ4v) is 2.97. The fourth-order valence-electron chi connectivity index (χ4n) is 2.65. The zero-order valence-electron chi connectivity index (χ0n) is 11.9. The van der Waals surface area contributed by atoms with Crippen LogP contribution in [0.4, 0.5) is 11.4 Å². The van der Waals surface area contributed by atoms with Crippen molar-refractivity contribution in [3.8, 4) is 0 Å². The summed E-state index contributed by atoms with van der Waals surface area (Å²) in [7, 11) is 4.14. The molecule has 2 rings (SSSR count). The predicted molar refractivity (Wildman–Crippen MR) is 81.6 cm³/mol. The molecule has 0 bridgehead atoms. The lowest BCUT2D eigenvalue weighted by Crippen LogP contribution is -2.35. The van der Waals surface area contributed by atoms with Crippen molar-refractivity contribution in [3.05, 3.63) is 33.3 Å². The molecule has 110 valence electrons. The van der Waals surface area contributed by atoms with Gasteiger partial charge in [0.1, 0.15) is 0 Å². The number of rotatable bonds is 4. The van der Waals surface area contributed by atoms with E-state index in [9.17, 15) is 10.1 Å². The number of nitrogens with zero attached hydrogens (tertiary/aromatic N) is 3. The summed E-state index contributed by atoms with van der Waals surface area (Å²) < 4.78 is 0. The molecule has 0 unspecified atom stereocenters. The molecule has 1 aromatic carbocycles. The van der Waals surface area contributed by atoms with E-state index in [0.717, 1.165) is 25.3 Å². The van der Waals surface area contributed by atoms with E-state index in [1.54, 1.807) is 6.07 Å². The standard InChI is InChI=1S/C14H20ClN3O2/c1-16-7-5-11(6-8-16)10-17(2)14-4-3-12(18(19)20)9-13(14)15/h3-4,9,11H,5-8,10H2,1-2H3. The van der Waals surface area contributed by atoms with Crippen LogP contribution < -0.4 is 4.90 Å². The van der Waals surface area contributed by atoms with Gasteiger partial charge in [0.2, 0.25) is 0 Å². The Kier molecular flexibility index (Phi) is 4.83. The lowest BCUT2D eigenvalue weighted by molar-refractivity contribution is -0.384. The monoisotopic (exact) mass is 297 g/mol. The van der Waals surface area contributed by atoms with Gasteiger partial charge in [0.15, 0.2) is 0 Å². The molecular weight excluding hydrogens is 278 g/mol. The Bertz CT molecular complexity index is 487. The van der Waals surface area contributed by atoms with Crippen molar-refractivity contribution in [2.45, 2.75) is 12.8 Å². The molecule has 1 aliphatic rings. The minimum atomic E-state index is -0.424. The van der Waals surface area contributed by atoms with Gasteiger partial charge in [0.05, 0.1) is 15.6 Å². The highest BCUT2D eigenvalue weighted by molar-refractivity contribution is 6.33. The summed E-state index contributed by atoms with van der Waals surface area (Å²) in [6, 6.07) is 4.66. The highest BCUT2D eigenvalue weighted by Gasteiger charge is 2.20. The molecule has 1 heterocycles. The summed E-state index contributed by atoms with van der Waals surface area (Å²) in [5.41, 5.74) is 0.891. The van der Waals surface area contributed by atoms with E-state index in [-0.39, 0.29) is 5.69 Å². The van der Waals surface area contributed by atoms with Gasteiger partial charge in [0, 0.05) is 25.7 Å². The highest BCUT2D eigenvalue weighted by atomic mass is 35.5. The minimum absolute atomic E-state index is 0.0337. The summed E-state index contributed by atoms with van der Waals surface area (Å²) >= 11 is 6.15. The molecule has 20 heavy (non-hydrogen) atoms. The molecule has 5 nitrogen and oxygen atoms in total. The molecule has 0 radical (unpaired) electrons. The molecule has 0 N–H and O–H groups in total. The van der Waals surface area contributed by atoms with Crippen LogP contribution in [0.2, 0.25) is 5.02 Å². The van der Waals surface area contributed by atoms with Gasteiger partial charge in [-0.3, -0.25) is 10.1 Å². The SMILES string of the molecule is CN1CCC(CN(C)c2ccc([N+](=O)[O-])cc2Cl)CC1. The maximum absolute atomic E-state index is 10.7. The zero-order valence-corrected chi connectivity index (χ0v) is 12.6. The lowest BCUT2D eigenvalue weighted by atomic mass is 9.96. The second kappa shape index (κ2) is 6.41. The van der Waals surface area contributed by atoms with Crippen LogP contribution in [-0.2, 0) is 0 Å². The number of nitro groups is 1. The quantitative estimate of drug-likeness (QED) is 0.633. The molecule has 1 aromatic rings. The lowest BCUT2D eigenvalue weighted by Gasteiger charge is -2.32. The van der Waals surface area contributed by atoms with E-state index in [1.165, 1.54) is 25.0 Å². The predicted octanol–water partition coefficient (Wildman–Crippen LogP) is 3.03. The molecule has 1 saturated heterocycles. The van der Waals surface area contributed by atoms with Gasteiger partial charge in [-0.05, 0) is 45.0 Å². The molecule has 0 atom stereocenters. The number of hydrogen-bond donors (Lipinski definition) is 0. The van der Waals surface area contributed by atoms with Crippen molar-refractivity contribution < 1.29 is 4.92 Å². The average molecular weight is 298 g/mol. The molecule has 0 saturated carbocycles. The molecule has 0 spiro atoms. The van der Waals surface area contributed by atoms with Crippen LogP contribution >= 0.6 is 11.6 Å². The van der Waals surface area contributed by atoms with E-state index in [2.05, 4.69) is 16.8 Å². The molecule has 0 aliphatic carbocycles. The first-order valence-electron chi connectivity index (χ1n) is 6.81. The Hall–Kier alpha value is -1.33. The third-order valence-corrected chi connectivity index (χ3v) is 4.23. The number of anilines is 1. The zero-order chi connectivity index (χ0) is 14.7. The smallest absolute Gasteiger partial charge is 0.271 e. The Morgan fingerprint density at radius 2 is 2.10 bits per heavy atom. The van der Waals surface area contributed by atoms with Crippen molar-refractivity contribution in [2.75, 3.05) is 38.6 Å². The number of halogens is 1. The number of piperidine rings is 1. The van der Waals surface area contributed by atoms with Gasteiger partial charge >= 0.3 is 0 Å². The Morgan fingerprint density at radius 3 is 2.65 bits per heavy atom. The third-order valence-electron chi connectivity index (χ3n) is 3.92. The highest BCUT2D eigenvalue weighted by Crippen LogP contribution is 2.30. The van der Waals surface area contributed by atoms with Gasteiger partial charge in [-0.2, -0.15) is 0 Å². The van der Waals surface area contributed by atoms with Gasteiger partial charge < -0.3 is 9.80 Å². The van der Waals surface area contributed by atoms with E-state index >= 15 is 0 Å². The largest absolute Gasteiger partial charge is 0.373 e. The normalized spacial score (nSPS) is 17.1. The Morgan fingerprint density at radius 1 is 1.45 bits per heavy atom. The topological polar surface area (TPSA) is 49.6 Å². The summed E-state index contributed by atoms with van der Waals surface area (Å²) in [4.78, 5) is 14.7. The van der Waals surface area contributed by atoms with Gasteiger partial charge in [0.25, 0.3) is 5.69 Å². The first kappa shape index (κ1) is 15.1. The van der Waals surface area contributed by atoms with Gasteiger partial charge in [-0.15, -0.1) is 0 Å². The Balaban J connectivity index is 2.02. The van der Waals surface area contributed by atoms with E-state index in [0.29, 0.717) is 10.9 Å². The van der Waals surface area contributed by atoms with E-state index in [1.807, 2.05) is 7.05 Å². The van der Waals surface area contributed by atoms with Crippen LogP contribution in [0.3, 0.4) is 0 Å². The van der Waals surface area contributed by atoms with Crippen molar-refractivity contribution >= 4 is 23.0 Å². The third kappa shape index (κ3) is 3.61. The van der Waals surface area contributed by atoms with Crippen LogP contribution in [0.5, 0.6) is 0 Å². The van der Waals surface area contributed by atoms with Crippen molar-refractivity contribution in [1.29, 1.82) is 0 Å². The summed E-state index contributed by atoms with van der Waals surface area (Å²) in [5, 5.41) is 11.2. The molecule has 0 amide bonds. The number of non-ortho nitro benzene ring substituents is 1. The van der Waals surface area contributed by atoms with Crippen LogP contribution in [-0.4, -0.2) is 43.6 Å². The fraction of sp³-hybridized carbons (Fsp3) is 0.571. The van der Waals surface area contributed by atoms with E-state index < -0.39 is 4.92 Å². The number of hydrogen-bond acceptors (Lipinski definition) is 4. The minimum Gasteiger partial charge on any atom is -0.373 e. The van der Waals surface area contributed by atoms with E-state index in [4.69, 9.17) is 11.6 Å². The van der Waals surface area contributed by atoms with Crippen LogP contribution in [0.15, 0.2) is 18.2 Å². The summed E-state index contributed by atoms with van der Waals surface area (Å²) in [6.07, 6.45) is 2.37. The van der Waals surface area contributed by atoms with Crippen molar-refractivity contribution in [3.63, 3.8) is 0 Å². The van der Waals surface area contributed by atoms with Gasteiger partial charge in [-0.1, -0.05) is 11.6 Å². The molecule has 6 heteroatoms. The van der Waals surface area contributed by atoms with Crippen LogP contribution in [0.25, 0.3) is 0 Å². The maximum Gasteiger partial charge on any atom is 0.271 e. The first-order valence-corrected chi connectivity index (χ1v) is 7.19. The molecular formula is C14H20ClN3O2. The molecule has 0 aromatic heterocycles. The molecule has 1 fully saturated rings. The van der Waals surface area contributed by atoms with Crippen LogP contribution in [0, 0.1) is 16.0 Å². The average Bonchev–Trinajstić information content (AvgIpc) is 2.41. The second-order valence-corrected chi connectivity index (χ2v) is 5.93. The number of nitro benzene ring substituents is 1. The Labute approximate surface area is 124 Å². The van der Waals surface area contributed by atoms with Gasteiger partial charge in [-0.25, -0.2) is 0 Å². The summed E-state index contributed by atoms with van der Waals surface area (Å²) in [5.74, 6) is 0.655. The first-order chi connectivity index (χ1) is 9.47.